The monoisotopic (exact) mass is 574 g/mol. The van der Waals surface area contributed by atoms with E-state index >= 15 is 0 Å². The number of phenols is 1. The minimum absolute atomic E-state index is 0.0149. The first kappa shape index (κ1) is 29.4. The maximum atomic E-state index is 11.4. The van der Waals surface area contributed by atoms with E-state index in [0.717, 1.165) is 60.8 Å². The summed E-state index contributed by atoms with van der Waals surface area (Å²) in [7, 11) is 1.50. The van der Waals surface area contributed by atoms with Gasteiger partial charge in [0.2, 0.25) is 6.41 Å². The number of carbonyl (C=O) groups excluding carboxylic acids is 2. The zero-order valence-electron chi connectivity index (χ0n) is 24.0. The summed E-state index contributed by atoms with van der Waals surface area (Å²) in [5, 5.41) is 19.1. The minimum atomic E-state index is 0.0149. The molecular weight excluding hydrogens is 540 g/mol. The second-order valence-corrected chi connectivity index (χ2v) is 10.2. The van der Waals surface area contributed by atoms with E-state index in [9.17, 15) is 14.7 Å². The van der Waals surface area contributed by atoms with E-state index in [4.69, 9.17) is 10.4 Å². The number of aromatic hydroxyl groups is 1. The number of piperazine rings is 1. The lowest BCUT2D eigenvalue weighted by atomic mass is 9.97. The first-order chi connectivity index (χ1) is 21.0. The molecule has 9 heteroatoms. The molecular formula is C34H34N6O3. The number of rotatable bonds is 7. The molecule has 0 radical (unpaired) electrons. The van der Waals surface area contributed by atoms with E-state index in [2.05, 4.69) is 39.8 Å². The molecule has 0 spiro atoms. The lowest BCUT2D eigenvalue weighted by molar-refractivity contribution is 0.112. The van der Waals surface area contributed by atoms with E-state index in [1.807, 2.05) is 42.5 Å². The van der Waals surface area contributed by atoms with Gasteiger partial charge in [0.15, 0.2) is 6.29 Å². The summed E-state index contributed by atoms with van der Waals surface area (Å²) in [6.07, 6.45) is 2.87. The predicted octanol–water partition coefficient (Wildman–Crippen LogP) is 4.30. The molecule has 3 aromatic carbocycles. The second kappa shape index (κ2) is 13.2. The van der Waals surface area contributed by atoms with Crippen molar-refractivity contribution in [3.63, 3.8) is 0 Å². The van der Waals surface area contributed by atoms with Crippen molar-refractivity contribution in [1.29, 1.82) is 5.41 Å². The SMILES string of the molecule is CN.N=c1c2cc(-c3ccccc3)c(-c3ccc(CN4CCN(c5ccc(C=O)c(O)c5)CC4)cc3)nc2ccn1C=O. The van der Waals surface area contributed by atoms with Crippen LogP contribution >= 0.6 is 0 Å². The molecule has 1 aliphatic heterocycles. The molecule has 3 heterocycles. The largest absolute Gasteiger partial charge is 0.507 e. The van der Waals surface area contributed by atoms with E-state index < -0.39 is 0 Å². The Bertz CT molecular complexity index is 1790. The number of benzene rings is 3. The highest BCUT2D eigenvalue weighted by molar-refractivity contribution is 5.91. The van der Waals surface area contributed by atoms with E-state index in [1.54, 1.807) is 24.4 Å². The Morgan fingerprint density at radius 1 is 0.884 bits per heavy atom. The van der Waals surface area contributed by atoms with Crippen molar-refractivity contribution < 1.29 is 14.7 Å². The third kappa shape index (κ3) is 6.23. The molecule has 0 saturated carbocycles. The van der Waals surface area contributed by atoms with Crippen LogP contribution in [0.2, 0.25) is 0 Å². The van der Waals surface area contributed by atoms with Gasteiger partial charge in [0.1, 0.15) is 11.2 Å². The summed E-state index contributed by atoms with van der Waals surface area (Å²) in [4.78, 5) is 32.0. The lowest BCUT2D eigenvalue weighted by Crippen LogP contribution is -2.45. The Hall–Kier alpha value is -5.12. The topological polar surface area (TPSA) is 129 Å². The van der Waals surface area contributed by atoms with Crippen molar-refractivity contribution in [2.75, 3.05) is 38.1 Å². The zero-order valence-corrected chi connectivity index (χ0v) is 24.0. The van der Waals surface area contributed by atoms with Gasteiger partial charge in [-0.1, -0.05) is 54.6 Å². The van der Waals surface area contributed by atoms with Gasteiger partial charge in [-0.25, -0.2) is 4.98 Å². The van der Waals surface area contributed by atoms with Crippen LogP contribution in [-0.4, -0.2) is 65.5 Å². The van der Waals surface area contributed by atoms with Crippen LogP contribution in [0.4, 0.5) is 5.69 Å². The molecule has 0 bridgehead atoms. The fourth-order valence-corrected chi connectivity index (χ4v) is 5.37. The predicted molar refractivity (Wildman–Crippen MR) is 170 cm³/mol. The number of nitrogens with two attached hydrogens (primary N) is 1. The minimum Gasteiger partial charge on any atom is -0.507 e. The van der Waals surface area contributed by atoms with Crippen LogP contribution in [0.15, 0.2) is 91.1 Å². The van der Waals surface area contributed by atoms with Crippen LogP contribution in [0.1, 0.15) is 15.9 Å². The Morgan fingerprint density at radius 2 is 1.60 bits per heavy atom. The molecule has 0 unspecified atom stereocenters. The Balaban J connectivity index is 0.00000180. The summed E-state index contributed by atoms with van der Waals surface area (Å²) in [6.45, 7) is 4.27. The van der Waals surface area contributed by atoms with Crippen LogP contribution in [0, 0.1) is 5.41 Å². The molecule has 5 aromatic rings. The standard InChI is InChI=1S/C33H29N5O3.CH5N/c34-33-29-19-28(24-4-2-1-3-5-24)32(35-30(29)12-13-38(33)22-40)25-8-6-23(7-9-25)20-36-14-16-37(17-15-36)27-11-10-26(21-39)31(41)18-27;1-2/h1-13,18-19,21-22,34,41H,14-17,20H2;2H2,1H3. The van der Waals surface area contributed by atoms with Crippen LogP contribution in [-0.2, 0) is 11.3 Å². The normalized spacial score (nSPS) is 13.3. The average Bonchev–Trinajstić information content (AvgIpc) is 3.06. The van der Waals surface area contributed by atoms with Crippen LogP contribution in [0.3, 0.4) is 0 Å². The Kier molecular flexibility index (Phi) is 9.05. The molecule has 0 atom stereocenters. The van der Waals surface area contributed by atoms with Crippen LogP contribution in [0.25, 0.3) is 33.3 Å². The summed E-state index contributed by atoms with van der Waals surface area (Å²) in [5.74, 6) is 0.0149. The highest BCUT2D eigenvalue weighted by atomic mass is 16.3. The fraction of sp³-hybridized carbons (Fsp3) is 0.176. The smallest absolute Gasteiger partial charge is 0.219 e. The van der Waals surface area contributed by atoms with Crippen LogP contribution in [0.5, 0.6) is 5.75 Å². The Labute approximate surface area is 250 Å². The fourth-order valence-electron chi connectivity index (χ4n) is 5.37. The lowest BCUT2D eigenvalue weighted by Gasteiger charge is -2.36. The second-order valence-electron chi connectivity index (χ2n) is 10.2. The van der Waals surface area contributed by atoms with Crippen molar-refractivity contribution in [3.05, 3.63) is 108 Å². The summed E-state index contributed by atoms with van der Waals surface area (Å²) in [5.41, 5.74) is 11.4. The Morgan fingerprint density at radius 3 is 2.26 bits per heavy atom. The number of fused-ring (bicyclic) bond motifs is 1. The van der Waals surface area contributed by atoms with Gasteiger partial charge < -0.3 is 15.7 Å². The van der Waals surface area contributed by atoms with Crippen molar-refractivity contribution in [2.24, 2.45) is 5.73 Å². The molecule has 0 amide bonds. The van der Waals surface area contributed by atoms with Gasteiger partial charge in [-0.3, -0.25) is 24.5 Å². The first-order valence-electron chi connectivity index (χ1n) is 14.1. The summed E-state index contributed by atoms with van der Waals surface area (Å²) < 4.78 is 1.25. The molecule has 2 aromatic heterocycles. The van der Waals surface area contributed by atoms with E-state index in [-0.39, 0.29) is 11.2 Å². The van der Waals surface area contributed by atoms with Gasteiger partial charge in [-0.05, 0) is 42.4 Å². The van der Waals surface area contributed by atoms with Crippen molar-refractivity contribution in [1.82, 2.24) is 14.5 Å². The summed E-state index contributed by atoms with van der Waals surface area (Å²) in [6, 6.07) is 27.4. The number of nitrogens with one attached hydrogen (secondary N) is 1. The third-order valence-electron chi connectivity index (χ3n) is 7.67. The highest BCUT2D eigenvalue weighted by Crippen LogP contribution is 2.33. The van der Waals surface area contributed by atoms with Crippen molar-refractivity contribution in [2.45, 2.75) is 6.54 Å². The molecule has 1 fully saturated rings. The number of anilines is 1. The summed E-state index contributed by atoms with van der Waals surface area (Å²) >= 11 is 0. The molecule has 0 aliphatic carbocycles. The number of phenolic OH excluding ortho intramolecular Hbond substituents is 1. The number of hydrogen-bond donors (Lipinski definition) is 3. The van der Waals surface area contributed by atoms with Gasteiger partial charge in [0.25, 0.3) is 0 Å². The maximum absolute atomic E-state index is 11.4. The zero-order chi connectivity index (χ0) is 30.3. The van der Waals surface area contributed by atoms with Gasteiger partial charge in [0.05, 0.1) is 16.8 Å². The van der Waals surface area contributed by atoms with Crippen molar-refractivity contribution in [3.8, 4) is 28.1 Å². The number of aldehydes is 1. The molecule has 43 heavy (non-hydrogen) atoms. The number of pyridine rings is 2. The third-order valence-corrected chi connectivity index (χ3v) is 7.67. The molecule has 218 valence electrons. The molecule has 4 N–H and O–H groups in total. The number of carbonyl (C=O) groups is 2. The van der Waals surface area contributed by atoms with Gasteiger partial charge in [-0.15, -0.1) is 0 Å². The molecule has 6 rings (SSSR count). The molecule has 9 nitrogen and oxygen atoms in total. The van der Waals surface area contributed by atoms with Gasteiger partial charge in [-0.2, -0.15) is 0 Å². The molecule has 1 aliphatic rings. The van der Waals surface area contributed by atoms with Crippen LogP contribution < -0.4 is 16.1 Å². The average molecular weight is 575 g/mol. The number of hydrogen-bond acceptors (Lipinski definition) is 8. The number of nitrogens with zero attached hydrogens (tertiary/aromatic N) is 4. The van der Waals surface area contributed by atoms with Gasteiger partial charge >= 0.3 is 0 Å². The van der Waals surface area contributed by atoms with Crippen molar-refractivity contribution >= 4 is 29.3 Å². The van der Waals surface area contributed by atoms with E-state index in [0.29, 0.717) is 29.2 Å². The quantitative estimate of drug-likeness (QED) is 0.247. The first-order valence-corrected chi connectivity index (χ1v) is 14.1. The van der Waals surface area contributed by atoms with Gasteiger partial charge in [0, 0.05) is 67.2 Å². The number of aromatic nitrogens is 2. The molecule has 1 saturated heterocycles. The maximum Gasteiger partial charge on any atom is 0.219 e. The van der Waals surface area contributed by atoms with E-state index in [1.165, 1.54) is 17.2 Å². The highest BCUT2D eigenvalue weighted by Gasteiger charge is 2.19.